The molecule has 1 fully saturated rings. The van der Waals surface area contributed by atoms with Crippen LogP contribution in [0.3, 0.4) is 0 Å². The first-order valence-corrected chi connectivity index (χ1v) is 11.3. The number of carbonyl (C=O) groups excluding carboxylic acids is 3. The Kier molecular flexibility index (Phi) is 6.56. The maximum atomic E-state index is 13.3. The van der Waals surface area contributed by atoms with E-state index in [0.29, 0.717) is 24.5 Å². The number of nitrogens with zero attached hydrogens (tertiary/aromatic N) is 2. The number of para-hydroxylation sites is 1. The third-order valence-electron chi connectivity index (χ3n) is 5.46. The second-order valence-corrected chi connectivity index (χ2v) is 8.83. The van der Waals surface area contributed by atoms with E-state index in [2.05, 4.69) is 5.32 Å². The number of nitrogens with one attached hydrogen (secondary N) is 1. The fraction of sp³-hybridized carbons (Fsp3) is 0.348. The summed E-state index contributed by atoms with van der Waals surface area (Å²) in [5.41, 5.74) is 1.06. The summed E-state index contributed by atoms with van der Waals surface area (Å²) in [5, 5.41) is 1.79. The molecule has 1 N–H and O–H groups in total. The number of likely N-dealkylation sites (tertiary alicyclic amines) is 1. The normalized spacial score (nSPS) is 18.9. The summed E-state index contributed by atoms with van der Waals surface area (Å²) in [7, 11) is 0. The largest absolute Gasteiger partial charge is 0.341 e. The molecular weight excluding hydrogens is 417 g/mol. The van der Waals surface area contributed by atoms with E-state index in [4.69, 9.17) is 0 Å². The highest BCUT2D eigenvalue weighted by atomic mass is 32.2. The number of halogens is 1. The van der Waals surface area contributed by atoms with Gasteiger partial charge in [-0.25, -0.2) is 4.39 Å². The topological polar surface area (TPSA) is 69.7 Å². The van der Waals surface area contributed by atoms with Gasteiger partial charge in [0.2, 0.25) is 11.8 Å². The second-order valence-electron chi connectivity index (χ2n) is 7.68. The number of rotatable bonds is 4. The van der Waals surface area contributed by atoms with Crippen molar-refractivity contribution < 1.29 is 18.8 Å². The van der Waals surface area contributed by atoms with Gasteiger partial charge < -0.3 is 15.1 Å². The van der Waals surface area contributed by atoms with Crippen molar-refractivity contribution in [1.82, 2.24) is 4.90 Å². The molecule has 162 valence electrons. The smallest absolute Gasteiger partial charge is 0.250 e. The van der Waals surface area contributed by atoms with E-state index in [-0.39, 0.29) is 18.4 Å². The van der Waals surface area contributed by atoms with Crippen LogP contribution in [0.2, 0.25) is 0 Å². The van der Waals surface area contributed by atoms with Gasteiger partial charge >= 0.3 is 0 Å². The zero-order chi connectivity index (χ0) is 21.8. The van der Waals surface area contributed by atoms with Crippen molar-refractivity contribution in [1.29, 1.82) is 0 Å². The molecule has 0 bridgehead atoms. The third-order valence-corrected chi connectivity index (χ3v) is 6.70. The summed E-state index contributed by atoms with van der Waals surface area (Å²) >= 11 is 1.25. The van der Waals surface area contributed by atoms with E-state index in [0.717, 1.165) is 30.6 Å². The van der Waals surface area contributed by atoms with Gasteiger partial charge in [-0.1, -0.05) is 25.0 Å². The highest BCUT2D eigenvalue weighted by Gasteiger charge is 2.40. The Morgan fingerprint density at radius 1 is 1.00 bits per heavy atom. The van der Waals surface area contributed by atoms with Crippen molar-refractivity contribution >= 4 is 40.9 Å². The SMILES string of the molecule is O=C(CN1C(=O)[C@H](C(=O)N2CCCCCC2)Sc2ccccc21)Nc1ccc(F)cc1. The fourth-order valence-corrected chi connectivity index (χ4v) is 5.06. The number of carbonyl (C=O) groups is 3. The van der Waals surface area contributed by atoms with Gasteiger partial charge in [0.25, 0.3) is 5.91 Å². The Balaban J connectivity index is 1.54. The second kappa shape index (κ2) is 9.51. The van der Waals surface area contributed by atoms with Crippen LogP contribution in [0.5, 0.6) is 0 Å². The molecule has 1 saturated heterocycles. The Morgan fingerprint density at radius 2 is 1.68 bits per heavy atom. The van der Waals surface area contributed by atoms with Crippen molar-refractivity contribution in [2.45, 2.75) is 35.8 Å². The molecule has 2 aliphatic rings. The predicted molar refractivity (Wildman–Crippen MR) is 119 cm³/mol. The molecule has 2 heterocycles. The van der Waals surface area contributed by atoms with Crippen LogP contribution in [0.15, 0.2) is 53.4 Å². The number of hydrogen-bond acceptors (Lipinski definition) is 4. The van der Waals surface area contributed by atoms with Gasteiger partial charge in [0.05, 0.1) is 5.69 Å². The van der Waals surface area contributed by atoms with Crippen molar-refractivity contribution in [2.75, 3.05) is 29.9 Å². The molecule has 3 amide bonds. The lowest BCUT2D eigenvalue weighted by Crippen LogP contribution is -2.51. The van der Waals surface area contributed by atoms with E-state index < -0.39 is 17.0 Å². The summed E-state index contributed by atoms with van der Waals surface area (Å²) < 4.78 is 13.1. The molecule has 0 spiro atoms. The van der Waals surface area contributed by atoms with Gasteiger partial charge in [0.15, 0.2) is 5.25 Å². The minimum absolute atomic E-state index is 0.185. The number of thioether (sulfide) groups is 1. The summed E-state index contributed by atoms with van der Waals surface area (Å²) in [6, 6.07) is 12.7. The zero-order valence-corrected chi connectivity index (χ0v) is 17.9. The summed E-state index contributed by atoms with van der Waals surface area (Å²) in [4.78, 5) is 43.1. The fourth-order valence-electron chi connectivity index (χ4n) is 3.87. The summed E-state index contributed by atoms with van der Waals surface area (Å²) in [5.74, 6) is -1.38. The molecule has 1 atom stereocenters. The van der Waals surface area contributed by atoms with Crippen molar-refractivity contribution in [2.24, 2.45) is 0 Å². The Labute approximate surface area is 184 Å². The van der Waals surface area contributed by atoms with Crippen LogP contribution < -0.4 is 10.2 Å². The molecule has 6 nitrogen and oxygen atoms in total. The van der Waals surface area contributed by atoms with Crippen LogP contribution in [0.1, 0.15) is 25.7 Å². The van der Waals surface area contributed by atoms with E-state index in [1.54, 1.807) is 17.0 Å². The molecule has 0 unspecified atom stereocenters. The maximum absolute atomic E-state index is 13.3. The molecular formula is C23H24FN3O3S. The average Bonchev–Trinajstić information content (AvgIpc) is 3.06. The molecule has 0 aliphatic carbocycles. The molecule has 0 saturated carbocycles. The number of anilines is 2. The number of amides is 3. The van der Waals surface area contributed by atoms with Gasteiger partial charge in [-0.05, 0) is 49.2 Å². The van der Waals surface area contributed by atoms with E-state index in [1.165, 1.54) is 40.9 Å². The Bertz CT molecular complexity index is 974. The first kappa shape index (κ1) is 21.4. The first-order chi connectivity index (χ1) is 15.0. The number of fused-ring (bicyclic) bond motifs is 1. The molecule has 0 radical (unpaired) electrons. The van der Waals surface area contributed by atoms with Crippen LogP contribution in [-0.2, 0) is 14.4 Å². The van der Waals surface area contributed by atoms with Crippen LogP contribution in [0.4, 0.5) is 15.8 Å². The van der Waals surface area contributed by atoms with E-state index in [9.17, 15) is 18.8 Å². The number of hydrogen-bond donors (Lipinski definition) is 1. The summed E-state index contributed by atoms with van der Waals surface area (Å²) in [6.07, 6.45) is 4.07. The molecule has 2 aliphatic heterocycles. The first-order valence-electron chi connectivity index (χ1n) is 10.4. The van der Waals surface area contributed by atoms with Crippen LogP contribution in [-0.4, -0.2) is 47.5 Å². The Morgan fingerprint density at radius 3 is 2.39 bits per heavy atom. The van der Waals surface area contributed by atoms with Crippen molar-refractivity contribution in [3.05, 3.63) is 54.3 Å². The molecule has 8 heteroatoms. The highest BCUT2D eigenvalue weighted by molar-refractivity contribution is 8.01. The predicted octanol–water partition coefficient (Wildman–Crippen LogP) is 3.67. The lowest BCUT2D eigenvalue weighted by atomic mass is 10.2. The zero-order valence-electron chi connectivity index (χ0n) is 17.1. The maximum Gasteiger partial charge on any atom is 0.250 e. The minimum Gasteiger partial charge on any atom is -0.341 e. The minimum atomic E-state index is -0.897. The molecule has 31 heavy (non-hydrogen) atoms. The molecule has 2 aromatic rings. The van der Waals surface area contributed by atoms with Gasteiger partial charge in [0.1, 0.15) is 12.4 Å². The van der Waals surface area contributed by atoms with E-state index >= 15 is 0 Å². The van der Waals surface area contributed by atoms with Crippen LogP contribution >= 0.6 is 11.8 Å². The molecule has 4 rings (SSSR count). The standard InChI is InChI=1S/C23H24FN3O3S/c24-16-9-11-17(12-10-16)25-20(28)15-27-18-7-3-4-8-19(18)31-21(23(27)30)22(29)26-13-5-1-2-6-14-26/h3-4,7-12,21H,1-2,5-6,13-15H2,(H,25,28)/t21-/m0/s1. The van der Waals surface area contributed by atoms with Crippen molar-refractivity contribution in [3.8, 4) is 0 Å². The van der Waals surface area contributed by atoms with Crippen LogP contribution in [0.25, 0.3) is 0 Å². The van der Waals surface area contributed by atoms with Gasteiger partial charge in [-0.3, -0.25) is 14.4 Å². The van der Waals surface area contributed by atoms with E-state index in [1.807, 2.05) is 12.1 Å². The third kappa shape index (κ3) is 4.90. The van der Waals surface area contributed by atoms with Gasteiger partial charge in [-0.2, -0.15) is 0 Å². The summed E-state index contributed by atoms with van der Waals surface area (Å²) in [6.45, 7) is 1.10. The van der Waals surface area contributed by atoms with Crippen molar-refractivity contribution in [3.63, 3.8) is 0 Å². The van der Waals surface area contributed by atoms with Gasteiger partial charge in [0, 0.05) is 23.7 Å². The quantitative estimate of drug-likeness (QED) is 0.735. The lowest BCUT2D eigenvalue weighted by Gasteiger charge is -2.34. The lowest BCUT2D eigenvalue weighted by molar-refractivity contribution is -0.135. The Hall–Kier alpha value is -2.87. The van der Waals surface area contributed by atoms with Gasteiger partial charge in [-0.15, -0.1) is 11.8 Å². The molecule has 2 aromatic carbocycles. The number of benzene rings is 2. The van der Waals surface area contributed by atoms with Crippen LogP contribution in [0, 0.1) is 5.82 Å². The molecule has 0 aromatic heterocycles. The average molecular weight is 442 g/mol. The monoisotopic (exact) mass is 441 g/mol. The highest BCUT2D eigenvalue weighted by Crippen LogP contribution is 2.39.